The average Bonchev–Trinajstić information content (AvgIpc) is 2.39. The van der Waals surface area contributed by atoms with Gasteiger partial charge in [-0.2, -0.15) is 0 Å². The lowest BCUT2D eigenvalue weighted by molar-refractivity contribution is 0.317. The van der Waals surface area contributed by atoms with Gasteiger partial charge < -0.3 is 5.73 Å². The Hall–Kier alpha value is -1.78. The number of hydrogen-bond acceptors (Lipinski definition) is 3. The first-order valence-electron chi connectivity index (χ1n) is 6.24. The summed E-state index contributed by atoms with van der Waals surface area (Å²) in [6.45, 7) is 1.97. The van der Waals surface area contributed by atoms with Gasteiger partial charge in [0, 0.05) is 25.8 Å². The second-order valence-electron chi connectivity index (χ2n) is 4.66. The van der Waals surface area contributed by atoms with Crippen molar-refractivity contribution in [3.8, 4) is 0 Å². The number of pyridine rings is 1. The number of nitrogens with two attached hydrogens (primary N) is 1. The van der Waals surface area contributed by atoms with Crippen LogP contribution in [-0.2, 0) is 19.6 Å². The molecule has 0 fully saturated rings. The summed E-state index contributed by atoms with van der Waals surface area (Å²) >= 11 is 0. The fourth-order valence-corrected chi connectivity index (χ4v) is 2.11. The zero-order valence-electron chi connectivity index (χ0n) is 11.0. The van der Waals surface area contributed by atoms with Crippen LogP contribution in [0.1, 0.15) is 16.7 Å². The Morgan fingerprint density at radius 1 is 1.16 bits per heavy atom. The Balaban J connectivity index is 2.03. The van der Waals surface area contributed by atoms with E-state index >= 15 is 0 Å². The monoisotopic (exact) mass is 259 g/mol. The maximum Gasteiger partial charge on any atom is 0.141 e. The average molecular weight is 259 g/mol. The van der Waals surface area contributed by atoms with Crippen molar-refractivity contribution in [3.05, 3.63) is 65.2 Å². The number of halogens is 1. The molecule has 0 amide bonds. The Morgan fingerprint density at radius 2 is 1.89 bits per heavy atom. The van der Waals surface area contributed by atoms with Crippen molar-refractivity contribution in [2.75, 3.05) is 7.05 Å². The molecule has 0 atom stereocenters. The largest absolute Gasteiger partial charge is 0.326 e. The quantitative estimate of drug-likeness (QED) is 0.896. The number of aromatic nitrogens is 1. The molecule has 2 rings (SSSR count). The van der Waals surface area contributed by atoms with Crippen LogP contribution in [0.3, 0.4) is 0 Å². The molecule has 19 heavy (non-hydrogen) atoms. The molecule has 0 bridgehead atoms. The standard InChI is InChI=1S/C15H18FN3/c1-19(10-12-6-15(16)9-18-8-12)11-14-5-3-2-4-13(14)7-17/h2-6,8-9H,7,10-11,17H2,1H3. The van der Waals surface area contributed by atoms with Crippen LogP contribution in [0, 0.1) is 5.82 Å². The van der Waals surface area contributed by atoms with Gasteiger partial charge in [0.05, 0.1) is 6.20 Å². The second kappa shape index (κ2) is 6.41. The van der Waals surface area contributed by atoms with Crippen molar-refractivity contribution in [2.24, 2.45) is 5.73 Å². The highest BCUT2D eigenvalue weighted by Gasteiger charge is 2.06. The summed E-state index contributed by atoms with van der Waals surface area (Å²) in [5.74, 6) is -0.298. The van der Waals surface area contributed by atoms with Gasteiger partial charge >= 0.3 is 0 Å². The van der Waals surface area contributed by atoms with Gasteiger partial charge in [-0.05, 0) is 29.8 Å². The molecule has 0 aliphatic rings. The molecule has 0 saturated carbocycles. The third kappa shape index (κ3) is 3.84. The molecule has 0 unspecified atom stereocenters. The number of hydrogen-bond donors (Lipinski definition) is 1. The Morgan fingerprint density at radius 3 is 2.58 bits per heavy atom. The predicted octanol–water partition coefficient (Wildman–Crippen LogP) is 2.31. The van der Waals surface area contributed by atoms with Crippen LogP contribution in [0.25, 0.3) is 0 Å². The zero-order chi connectivity index (χ0) is 13.7. The van der Waals surface area contributed by atoms with Gasteiger partial charge in [0.2, 0.25) is 0 Å². The maximum absolute atomic E-state index is 13.1. The summed E-state index contributed by atoms with van der Waals surface area (Å²) in [6, 6.07) is 9.61. The summed E-state index contributed by atoms with van der Waals surface area (Å²) in [4.78, 5) is 5.97. The highest BCUT2D eigenvalue weighted by molar-refractivity contribution is 5.26. The second-order valence-corrected chi connectivity index (χ2v) is 4.66. The third-order valence-corrected chi connectivity index (χ3v) is 2.99. The zero-order valence-corrected chi connectivity index (χ0v) is 11.0. The van der Waals surface area contributed by atoms with E-state index in [4.69, 9.17) is 5.73 Å². The van der Waals surface area contributed by atoms with E-state index in [0.29, 0.717) is 13.1 Å². The van der Waals surface area contributed by atoms with Crippen LogP contribution < -0.4 is 5.73 Å². The number of rotatable bonds is 5. The predicted molar refractivity (Wildman–Crippen MR) is 73.7 cm³/mol. The molecule has 4 heteroatoms. The van der Waals surface area contributed by atoms with E-state index < -0.39 is 0 Å². The lowest BCUT2D eigenvalue weighted by atomic mass is 10.1. The van der Waals surface area contributed by atoms with E-state index in [-0.39, 0.29) is 5.82 Å². The maximum atomic E-state index is 13.1. The first-order valence-corrected chi connectivity index (χ1v) is 6.24. The van der Waals surface area contributed by atoms with Crippen LogP contribution in [0.2, 0.25) is 0 Å². The Bertz CT molecular complexity index is 542. The molecule has 3 nitrogen and oxygen atoms in total. The van der Waals surface area contributed by atoms with Crippen molar-refractivity contribution in [3.63, 3.8) is 0 Å². The highest BCUT2D eigenvalue weighted by Crippen LogP contribution is 2.12. The van der Waals surface area contributed by atoms with Crippen LogP contribution in [0.15, 0.2) is 42.7 Å². The molecule has 0 aliphatic carbocycles. The van der Waals surface area contributed by atoms with E-state index in [1.54, 1.807) is 6.20 Å². The van der Waals surface area contributed by atoms with Gasteiger partial charge in [-0.15, -0.1) is 0 Å². The van der Waals surface area contributed by atoms with E-state index in [1.165, 1.54) is 17.8 Å². The summed E-state index contributed by atoms with van der Waals surface area (Å²) in [6.07, 6.45) is 2.90. The lowest BCUT2D eigenvalue weighted by Gasteiger charge is -2.18. The van der Waals surface area contributed by atoms with Gasteiger partial charge in [0.15, 0.2) is 0 Å². The minimum atomic E-state index is -0.298. The van der Waals surface area contributed by atoms with Crippen molar-refractivity contribution < 1.29 is 4.39 Å². The summed E-state index contributed by atoms with van der Waals surface area (Å²) < 4.78 is 13.1. The van der Waals surface area contributed by atoms with Gasteiger partial charge in [-0.25, -0.2) is 4.39 Å². The van der Waals surface area contributed by atoms with E-state index in [2.05, 4.69) is 16.0 Å². The van der Waals surface area contributed by atoms with E-state index in [1.807, 2.05) is 25.2 Å². The Kier molecular flexibility index (Phi) is 4.60. The molecule has 2 aromatic rings. The fourth-order valence-electron chi connectivity index (χ4n) is 2.11. The molecule has 1 aromatic carbocycles. The minimum absolute atomic E-state index is 0.298. The third-order valence-electron chi connectivity index (χ3n) is 2.99. The first-order chi connectivity index (χ1) is 9.19. The van der Waals surface area contributed by atoms with Crippen LogP contribution in [0.5, 0.6) is 0 Å². The molecular weight excluding hydrogens is 241 g/mol. The SMILES string of the molecule is CN(Cc1cncc(F)c1)Cc1ccccc1CN. The summed E-state index contributed by atoms with van der Waals surface area (Å²) in [7, 11) is 2.00. The summed E-state index contributed by atoms with van der Waals surface area (Å²) in [5, 5.41) is 0. The molecular formula is C15H18FN3. The van der Waals surface area contributed by atoms with Crippen molar-refractivity contribution >= 4 is 0 Å². The molecule has 0 aliphatic heterocycles. The van der Waals surface area contributed by atoms with Gasteiger partial charge in [-0.1, -0.05) is 24.3 Å². The van der Waals surface area contributed by atoms with Crippen molar-refractivity contribution in [2.45, 2.75) is 19.6 Å². The smallest absolute Gasteiger partial charge is 0.141 e. The fraction of sp³-hybridized carbons (Fsp3) is 0.267. The number of benzene rings is 1. The van der Waals surface area contributed by atoms with E-state index in [9.17, 15) is 4.39 Å². The Labute approximate surface area is 112 Å². The van der Waals surface area contributed by atoms with Crippen molar-refractivity contribution in [1.82, 2.24) is 9.88 Å². The van der Waals surface area contributed by atoms with Crippen LogP contribution in [0.4, 0.5) is 4.39 Å². The molecule has 0 saturated heterocycles. The highest BCUT2D eigenvalue weighted by atomic mass is 19.1. The van der Waals surface area contributed by atoms with Gasteiger partial charge in [0.1, 0.15) is 5.82 Å². The molecule has 1 aromatic heterocycles. The van der Waals surface area contributed by atoms with Crippen LogP contribution >= 0.6 is 0 Å². The van der Waals surface area contributed by atoms with Crippen LogP contribution in [-0.4, -0.2) is 16.9 Å². The van der Waals surface area contributed by atoms with Gasteiger partial charge in [0.25, 0.3) is 0 Å². The number of nitrogens with zero attached hydrogens (tertiary/aromatic N) is 2. The first kappa shape index (κ1) is 13.6. The molecule has 0 radical (unpaired) electrons. The molecule has 0 spiro atoms. The molecule has 1 heterocycles. The molecule has 2 N–H and O–H groups in total. The topological polar surface area (TPSA) is 42.2 Å². The normalized spacial score (nSPS) is 10.9. The summed E-state index contributed by atoms with van der Waals surface area (Å²) in [5.41, 5.74) is 8.94. The van der Waals surface area contributed by atoms with E-state index in [0.717, 1.165) is 17.7 Å². The lowest BCUT2D eigenvalue weighted by Crippen LogP contribution is -2.19. The minimum Gasteiger partial charge on any atom is -0.326 e. The van der Waals surface area contributed by atoms with Gasteiger partial charge in [-0.3, -0.25) is 9.88 Å². The van der Waals surface area contributed by atoms with Crippen molar-refractivity contribution in [1.29, 1.82) is 0 Å². The molecule has 100 valence electrons.